The summed E-state index contributed by atoms with van der Waals surface area (Å²) in [5.41, 5.74) is 4.25. The number of carbonyl (C=O) groups is 1. The fraction of sp³-hybridized carbons (Fsp3) is 0.381. The molecule has 0 N–H and O–H groups in total. The topological polar surface area (TPSA) is 53.7 Å². The van der Waals surface area contributed by atoms with Crippen LogP contribution in [0.2, 0.25) is 0 Å². The van der Waals surface area contributed by atoms with Crippen molar-refractivity contribution in [2.75, 3.05) is 26.2 Å². The van der Waals surface area contributed by atoms with Gasteiger partial charge in [0, 0.05) is 38.4 Å². The minimum atomic E-state index is 0.0230. The van der Waals surface area contributed by atoms with Crippen molar-refractivity contribution in [3.8, 4) is 0 Å². The lowest BCUT2D eigenvalue weighted by Crippen LogP contribution is -2.53. The van der Waals surface area contributed by atoms with E-state index in [0.717, 1.165) is 39.0 Å². The highest BCUT2D eigenvalue weighted by Crippen LogP contribution is 2.25. The molecule has 1 fully saturated rings. The Bertz CT molecular complexity index is 973. The van der Waals surface area contributed by atoms with E-state index in [1.54, 1.807) is 16.9 Å². The van der Waals surface area contributed by atoms with Crippen LogP contribution in [0.15, 0.2) is 48.8 Å². The Morgan fingerprint density at radius 1 is 1.00 bits per heavy atom. The molecule has 2 aliphatic rings. The lowest BCUT2D eigenvalue weighted by atomic mass is 9.87. The largest absolute Gasteiger partial charge is 0.335 e. The molecule has 138 valence electrons. The van der Waals surface area contributed by atoms with Gasteiger partial charge in [-0.15, -0.1) is 0 Å². The molecule has 6 heteroatoms. The van der Waals surface area contributed by atoms with E-state index >= 15 is 0 Å². The van der Waals surface area contributed by atoms with E-state index in [0.29, 0.717) is 17.4 Å². The zero-order chi connectivity index (χ0) is 18.2. The van der Waals surface area contributed by atoms with Gasteiger partial charge in [0.25, 0.3) is 5.91 Å². The second-order valence-electron chi connectivity index (χ2n) is 7.43. The molecule has 0 spiro atoms. The van der Waals surface area contributed by atoms with E-state index in [1.807, 2.05) is 17.0 Å². The highest BCUT2D eigenvalue weighted by Gasteiger charge is 2.29. The lowest BCUT2D eigenvalue weighted by molar-refractivity contribution is 0.0545. The summed E-state index contributed by atoms with van der Waals surface area (Å²) < 4.78 is 1.63. The number of fused-ring (bicyclic) bond motifs is 2. The van der Waals surface area contributed by atoms with Crippen molar-refractivity contribution in [3.63, 3.8) is 0 Å². The van der Waals surface area contributed by atoms with Gasteiger partial charge in [0.2, 0.25) is 0 Å². The number of nitrogens with zero attached hydrogens (tertiary/aromatic N) is 5. The van der Waals surface area contributed by atoms with Crippen LogP contribution in [-0.4, -0.2) is 62.5 Å². The van der Waals surface area contributed by atoms with Crippen molar-refractivity contribution in [2.45, 2.75) is 25.3 Å². The van der Waals surface area contributed by atoms with E-state index in [9.17, 15) is 4.79 Å². The summed E-state index contributed by atoms with van der Waals surface area (Å²) in [6, 6.07) is 13.1. The molecule has 1 aliphatic heterocycles. The maximum absolute atomic E-state index is 12.9. The van der Waals surface area contributed by atoms with E-state index in [1.165, 1.54) is 17.5 Å². The van der Waals surface area contributed by atoms with Crippen LogP contribution in [0.5, 0.6) is 0 Å². The number of imidazole rings is 1. The number of carbonyl (C=O) groups excluding carboxylic acids is 1. The number of hydrogen-bond donors (Lipinski definition) is 0. The van der Waals surface area contributed by atoms with Crippen LogP contribution in [-0.2, 0) is 12.8 Å². The van der Waals surface area contributed by atoms with Gasteiger partial charge in [0.1, 0.15) is 0 Å². The first-order chi connectivity index (χ1) is 13.3. The third kappa shape index (κ3) is 3.00. The van der Waals surface area contributed by atoms with E-state index < -0.39 is 0 Å². The first kappa shape index (κ1) is 16.4. The van der Waals surface area contributed by atoms with Crippen LogP contribution in [0.3, 0.4) is 0 Å². The van der Waals surface area contributed by atoms with Crippen LogP contribution in [0.25, 0.3) is 5.65 Å². The molecule has 1 amide bonds. The van der Waals surface area contributed by atoms with Crippen molar-refractivity contribution in [2.24, 2.45) is 0 Å². The number of amides is 1. The SMILES string of the molecule is O=C(c1cnc2cccnn12)N1CCN(C2CCc3ccccc3C2)CC1. The molecule has 1 aliphatic carbocycles. The molecule has 2 aromatic heterocycles. The Kier molecular flexibility index (Phi) is 4.13. The summed E-state index contributed by atoms with van der Waals surface area (Å²) in [6.07, 6.45) is 6.82. The Morgan fingerprint density at radius 3 is 2.67 bits per heavy atom. The number of aryl methyl sites for hydroxylation is 1. The summed E-state index contributed by atoms with van der Waals surface area (Å²) in [6.45, 7) is 3.39. The summed E-state index contributed by atoms with van der Waals surface area (Å²) in [5.74, 6) is 0.0230. The fourth-order valence-electron chi connectivity index (χ4n) is 4.42. The second kappa shape index (κ2) is 6.78. The summed E-state index contributed by atoms with van der Waals surface area (Å²) in [4.78, 5) is 21.7. The Morgan fingerprint density at radius 2 is 1.81 bits per heavy atom. The quantitative estimate of drug-likeness (QED) is 0.701. The molecule has 1 atom stereocenters. The number of hydrogen-bond acceptors (Lipinski definition) is 4. The summed E-state index contributed by atoms with van der Waals surface area (Å²) in [5, 5.41) is 4.26. The molecule has 1 unspecified atom stereocenters. The van der Waals surface area contributed by atoms with Gasteiger partial charge in [-0.1, -0.05) is 24.3 Å². The number of benzene rings is 1. The Hall–Kier alpha value is -2.73. The Balaban J connectivity index is 1.25. The molecule has 1 saturated heterocycles. The Labute approximate surface area is 158 Å². The van der Waals surface area contributed by atoms with Crippen molar-refractivity contribution in [1.82, 2.24) is 24.4 Å². The molecule has 0 radical (unpaired) electrons. The van der Waals surface area contributed by atoms with Crippen LogP contribution < -0.4 is 0 Å². The average molecular weight is 361 g/mol. The van der Waals surface area contributed by atoms with E-state index in [-0.39, 0.29) is 5.91 Å². The van der Waals surface area contributed by atoms with Crippen LogP contribution >= 0.6 is 0 Å². The minimum absolute atomic E-state index is 0.0230. The maximum atomic E-state index is 12.9. The lowest BCUT2D eigenvalue weighted by Gasteiger charge is -2.41. The van der Waals surface area contributed by atoms with Gasteiger partial charge in [-0.2, -0.15) is 5.10 Å². The predicted molar refractivity (Wildman–Crippen MR) is 103 cm³/mol. The van der Waals surface area contributed by atoms with Crippen molar-refractivity contribution in [1.29, 1.82) is 0 Å². The molecule has 5 rings (SSSR count). The smallest absolute Gasteiger partial charge is 0.274 e. The van der Waals surface area contributed by atoms with Gasteiger partial charge in [-0.05, 0) is 42.5 Å². The molecule has 3 heterocycles. The maximum Gasteiger partial charge on any atom is 0.274 e. The van der Waals surface area contributed by atoms with Gasteiger partial charge in [-0.3, -0.25) is 9.69 Å². The highest BCUT2D eigenvalue weighted by atomic mass is 16.2. The second-order valence-corrected chi connectivity index (χ2v) is 7.43. The van der Waals surface area contributed by atoms with Gasteiger partial charge in [0.05, 0.1) is 6.20 Å². The van der Waals surface area contributed by atoms with Crippen LogP contribution in [0, 0.1) is 0 Å². The summed E-state index contributed by atoms with van der Waals surface area (Å²) in [7, 11) is 0. The van der Waals surface area contributed by atoms with Crippen molar-refractivity contribution >= 4 is 11.6 Å². The number of rotatable bonds is 2. The van der Waals surface area contributed by atoms with Gasteiger partial charge >= 0.3 is 0 Å². The normalized spacial score (nSPS) is 20.6. The summed E-state index contributed by atoms with van der Waals surface area (Å²) >= 11 is 0. The molecular weight excluding hydrogens is 338 g/mol. The standard InChI is InChI=1S/C21H23N5O/c27-21(19-15-22-20-6-3-9-23-26(19)20)25-12-10-24(11-13-25)18-8-7-16-4-1-2-5-17(16)14-18/h1-6,9,15,18H,7-8,10-14H2. The molecule has 6 nitrogen and oxygen atoms in total. The molecule has 0 saturated carbocycles. The average Bonchev–Trinajstić information content (AvgIpc) is 3.17. The van der Waals surface area contributed by atoms with Crippen molar-refractivity contribution < 1.29 is 4.79 Å². The van der Waals surface area contributed by atoms with Gasteiger partial charge < -0.3 is 4.90 Å². The first-order valence-corrected chi connectivity index (χ1v) is 9.68. The fourth-order valence-corrected chi connectivity index (χ4v) is 4.42. The molecule has 3 aromatic rings. The van der Waals surface area contributed by atoms with Gasteiger partial charge in [0.15, 0.2) is 11.3 Å². The van der Waals surface area contributed by atoms with Crippen LogP contribution in [0.4, 0.5) is 0 Å². The number of aromatic nitrogens is 3. The number of piperazine rings is 1. The molecular formula is C21H23N5O. The third-order valence-corrected chi connectivity index (χ3v) is 5.94. The first-order valence-electron chi connectivity index (χ1n) is 9.68. The highest BCUT2D eigenvalue weighted by molar-refractivity contribution is 5.93. The van der Waals surface area contributed by atoms with E-state index in [4.69, 9.17) is 0 Å². The van der Waals surface area contributed by atoms with Gasteiger partial charge in [-0.25, -0.2) is 9.50 Å². The zero-order valence-corrected chi connectivity index (χ0v) is 15.3. The molecule has 0 bridgehead atoms. The minimum Gasteiger partial charge on any atom is -0.335 e. The molecule has 27 heavy (non-hydrogen) atoms. The molecule has 1 aromatic carbocycles. The zero-order valence-electron chi connectivity index (χ0n) is 15.3. The van der Waals surface area contributed by atoms with Crippen LogP contribution in [0.1, 0.15) is 28.0 Å². The van der Waals surface area contributed by atoms with Crippen molar-refractivity contribution in [3.05, 3.63) is 65.6 Å². The third-order valence-electron chi connectivity index (χ3n) is 5.94. The van der Waals surface area contributed by atoms with E-state index in [2.05, 4.69) is 39.2 Å². The predicted octanol–water partition coefficient (Wildman–Crippen LogP) is 2.04. The monoisotopic (exact) mass is 361 g/mol.